The second-order valence-electron chi connectivity index (χ2n) is 6.38. The third kappa shape index (κ3) is 2.79. The number of morpholine rings is 1. The standard InChI is InChI=1S/C17H20N2O4/c20-16-15-11-22-10-14(8-18(16)13-6-7-13)19(15)17(21)23-9-12-4-2-1-3-5-12/h1-5,13-15H,6-11H2/t14-,15-/m1/s1. The number of piperazine rings is 1. The summed E-state index contributed by atoms with van der Waals surface area (Å²) in [4.78, 5) is 28.6. The van der Waals surface area contributed by atoms with Crippen LogP contribution in [0.3, 0.4) is 0 Å². The molecule has 6 heteroatoms. The molecule has 2 saturated heterocycles. The first kappa shape index (κ1) is 14.5. The third-order valence-electron chi connectivity index (χ3n) is 4.69. The van der Waals surface area contributed by atoms with Crippen LogP contribution in [0, 0.1) is 0 Å². The minimum absolute atomic E-state index is 0.000103. The van der Waals surface area contributed by atoms with Gasteiger partial charge < -0.3 is 14.4 Å². The van der Waals surface area contributed by atoms with Gasteiger partial charge in [0, 0.05) is 12.6 Å². The summed E-state index contributed by atoms with van der Waals surface area (Å²) in [5, 5.41) is 0. The molecule has 6 nitrogen and oxygen atoms in total. The fraction of sp³-hybridized carbons (Fsp3) is 0.529. The monoisotopic (exact) mass is 316 g/mol. The topological polar surface area (TPSA) is 59.1 Å². The van der Waals surface area contributed by atoms with Gasteiger partial charge in [0.2, 0.25) is 5.91 Å². The van der Waals surface area contributed by atoms with Crippen LogP contribution in [0.25, 0.3) is 0 Å². The normalized spacial score (nSPS) is 27.0. The highest BCUT2D eigenvalue weighted by atomic mass is 16.6. The van der Waals surface area contributed by atoms with Crippen LogP contribution in [0.1, 0.15) is 18.4 Å². The van der Waals surface area contributed by atoms with Crippen molar-refractivity contribution in [3.63, 3.8) is 0 Å². The maximum Gasteiger partial charge on any atom is 0.411 e. The first-order chi connectivity index (χ1) is 11.2. The highest BCUT2D eigenvalue weighted by molar-refractivity contribution is 5.88. The van der Waals surface area contributed by atoms with E-state index >= 15 is 0 Å². The molecule has 2 amide bonds. The molecule has 2 bridgehead atoms. The summed E-state index contributed by atoms with van der Waals surface area (Å²) in [5.74, 6) is 0.000103. The predicted octanol–water partition coefficient (Wildman–Crippen LogP) is 1.40. The highest BCUT2D eigenvalue weighted by Crippen LogP contribution is 2.33. The predicted molar refractivity (Wildman–Crippen MR) is 81.6 cm³/mol. The van der Waals surface area contributed by atoms with Crippen LogP contribution in [0.4, 0.5) is 4.79 Å². The van der Waals surface area contributed by atoms with Crippen LogP contribution in [-0.4, -0.2) is 59.7 Å². The number of carbonyl (C=O) groups excluding carboxylic acids is 2. The van der Waals surface area contributed by atoms with Crippen molar-refractivity contribution in [3.05, 3.63) is 35.9 Å². The molecular weight excluding hydrogens is 296 g/mol. The molecule has 1 aromatic carbocycles. The van der Waals surface area contributed by atoms with E-state index in [0.29, 0.717) is 19.2 Å². The number of amides is 2. The molecule has 4 rings (SSSR count). The SMILES string of the molecule is O=C1[C@H]2COC[C@@H](CN1C1CC1)N2C(=O)OCc1ccccc1. The number of ether oxygens (including phenoxy) is 2. The molecule has 0 aromatic heterocycles. The summed E-state index contributed by atoms with van der Waals surface area (Å²) in [6.07, 6.45) is 1.73. The number of fused-ring (bicyclic) bond motifs is 2. The summed E-state index contributed by atoms with van der Waals surface area (Å²) in [5.41, 5.74) is 0.935. The van der Waals surface area contributed by atoms with E-state index in [0.717, 1.165) is 18.4 Å². The molecule has 0 unspecified atom stereocenters. The number of nitrogens with zero attached hydrogens (tertiary/aromatic N) is 2. The zero-order chi connectivity index (χ0) is 15.8. The molecule has 3 fully saturated rings. The van der Waals surface area contributed by atoms with Crippen LogP contribution in [-0.2, 0) is 20.9 Å². The van der Waals surface area contributed by atoms with Crippen LogP contribution in [0.2, 0.25) is 0 Å². The largest absolute Gasteiger partial charge is 0.445 e. The maximum absolute atomic E-state index is 12.6. The van der Waals surface area contributed by atoms with Crippen molar-refractivity contribution in [2.24, 2.45) is 0 Å². The summed E-state index contributed by atoms with van der Waals surface area (Å²) in [7, 11) is 0. The number of benzene rings is 1. The van der Waals surface area contributed by atoms with Crippen molar-refractivity contribution >= 4 is 12.0 Å². The maximum atomic E-state index is 12.6. The van der Waals surface area contributed by atoms with E-state index in [1.165, 1.54) is 0 Å². The molecule has 0 N–H and O–H groups in total. The van der Waals surface area contributed by atoms with Crippen LogP contribution in [0.15, 0.2) is 30.3 Å². The molecule has 2 atom stereocenters. The number of carbonyl (C=O) groups is 2. The van der Waals surface area contributed by atoms with Gasteiger partial charge >= 0.3 is 6.09 Å². The highest BCUT2D eigenvalue weighted by Gasteiger charge is 2.50. The van der Waals surface area contributed by atoms with Gasteiger partial charge in [-0.15, -0.1) is 0 Å². The van der Waals surface area contributed by atoms with Gasteiger partial charge in [-0.25, -0.2) is 4.79 Å². The van der Waals surface area contributed by atoms with Crippen LogP contribution in [0.5, 0.6) is 0 Å². The zero-order valence-electron chi connectivity index (χ0n) is 12.9. The lowest BCUT2D eigenvalue weighted by atomic mass is 10.0. The van der Waals surface area contributed by atoms with Gasteiger partial charge in [-0.05, 0) is 18.4 Å². The lowest BCUT2D eigenvalue weighted by molar-refractivity contribution is -0.158. The third-order valence-corrected chi connectivity index (χ3v) is 4.69. The van der Waals surface area contributed by atoms with Gasteiger partial charge in [-0.2, -0.15) is 0 Å². The van der Waals surface area contributed by atoms with Crippen molar-refractivity contribution in [2.45, 2.75) is 37.6 Å². The minimum Gasteiger partial charge on any atom is -0.445 e. The lowest BCUT2D eigenvalue weighted by Gasteiger charge is -2.48. The number of rotatable bonds is 3. The van der Waals surface area contributed by atoms with Crippen molar-refractivity contribution < 1.29 is 19.1 Å². The molecule has 0 radical (unpaired) electrons. The van der Waals surface area contributed by atoms with Crippen molar-refractivity contribution in [2.75, 3.05) is 19.8 Å². The molecule has 2 aliphatic heterocycles. The van der Waals surface area contributed by atoms with Gasteiger partial charge in [0.25, 0.3) is 0 Å². The molecule has 1 saturated carbocycles. The van der Waals surface area contributed by atoms with Gasteiger partial charge in [-0.1, -0.05) is 30.3 Å². The van der Waals surface area contributed by atoms with Gasteiger partial charge in [0.05, 0.1) is 19.3 Å². The Hall–Kier alpha value is -2.08. The number of hydrogen-bond donors (Lipinski definition) is 0. The van der Waals surface area contributed by atoms with Crippen molar-refractivity contribution in [1.82, 2.24) is 9.80 Å². The van der Waals surface area contributed by atoms with E-state index in [9.17, 15) is 9.59 Å². The fourth-order valence-electron chi connectivity index (χ4n) is 3.36. The molecule has 0 spiro atoms. The first-order valence-corrected chi connectivity index (χ1v) is 8.11. The van der Waals surface area contributed by atoms with Crippen LogP contribution >= 0.6 is 0 Å². The Morgan fingerprint density at radius 3 is 2.70 bits per heavy atom. The van der Waals surface area contributed by atoms with Gasteiger partial charge in [-0.3, -0.25) is 9.69 Å². The number of hydrogen-bond acceptors (Lipinski definition) is 4. The van der Waals surface area contributed by atoms with Crippen LogP contribution < -0.4 is 0 Å². The summed E-state index contributed by atoms with van der Waals surface area (Å²) in [6, 6.07) is 9.28. The average molecular weight is 316 g/mol. The molecule has 1 aliphatic carbocycles. The summed E-state index contributed by atoms with van der Waals surface area (Å²) >= 11 is 0. The Labute approximate surface area is 134 Å². The van der Waals surface area contributed by atoms with E-state index in [1.54, 1.807) is 4.90 Å². The Morgan fingerprint density at radius 2 is 1.96 bits per heavy atom. The smallest absolute Gasteiger partial charge is 0.411 e. The van der Waals surface area contributed by atoms with Crippen molar-refractivity contribution in [1.29, 1.82) is 0 Å². The Bertz CT molecular complexity index is 602. The Balaban J connectivity index is 1.45. The van der Waals surface area contributed by atoms with E-state index in [2.05, 4.69) is 0 Å². The molecule has 3 aliphatic rings. The molecule has 1 aromatic rings. The quantitative estimate of drug-likeness (QED) is 0.846. The second kappa shape index (κ2) is 5.85. The molecule has 23 heavy (non-hydrogen) atoms. The average Bonchev–Trinajstić information content (AvgIpc) is 3.41. The van der Waals surface area contributed by atoms with Gasteiger partial charge in [0.1, 0.15) is 12.6 Å². The van der Waals surface area contributed by atoms with Crippen molar-refractivity contribution in [3.8, 4) is 0 Å². The Morgan fingerprint density at radius 1 is 1.17 bits per heavy atom. The van der Waals surface area contributed by atoms with E-state index in [-0.39, 0.29) is 25.2 Å². The summed E-state index contributed by atoms with van der Waals surface area (Å²) < 4.78 is 10.9. The van der Waals surface area contributed by atoms with Gasteiger partial charge in [0.15, 0.2) is 0 Å². The summed E-state index contributed by atoms with van der Waals surface area (Å²) in [6.45, 7) is 1.50. The molecular formula is C17H20N2O4. The molecule has 122 valence electrons. The van der Waals surface area contributed by atoms with E-state index in [4.69, 9.17) is 9.47 Å². The zero-order valence-corrected chi connectivity index (χ0v) is 12.9. The molecule has 2 heterocycles. The first-order valence-electron chi connectivity index (χ1n) is 8.11. The lowest BCUT2D eigenvalue weighted by Crippen LogP contribution is -2.68. The second-order valence-corrected chi connectivity index (χ2v) is 6.38. The van der Waals surface area contributed by atoms with E-state index in [1.807, 2.05) is 35.2 Å². The van der Waals surface area contributed by atoms with E-state index < -0.39 is 12.1 Å². The minimum atomic E-state index is -0.536. The Kier molecular flexibility index (Phi) is 3.69. The fourth-order valence-corrected chi connectivity index (χ4v) is 3.36.